The average molecular weight is 192 g/mol. The van der Waals surface area contributed by atoms with Gasteiger partial charge < -0.3 is 5.73 Å². The lowest BCUT2D eigenvalue weighted by atomic mass is 10.0. The lowest BCUT2D eigenvalue weighted by Gasteiger charge is -2.04. The molecule has 0 aliphatic carbocycles. The number of benzene rings is 1. The molecule has 0 saturated carbocycles. The van der Waals surface area contributed by atoms with Gasteiger partial charge >= 0.3 is 0 Å². The van der Waals surface area contributed by atoms with E-state index < -0.39 is 0 Å². The third kappa shape index (κ3) is 1.44. The van der Waals surface area contributed by atoms with Crippen molar-refractivity contribution in [2.45, 2.75) is 19.4 Å². The number of nitrogens with zero attached hydrogens (tertiary/aromatic N) is 1. The fourth-order valence-electron chi connectivity index (χ4n) is 1.89. The Morgan fingerprint density at radius 3 is 3.00 bits per heavy atom. The molecule has 1 atom stereocenters. The van der Waals surface area contributed by atoms with Crippen LogP contribution in [0.4, 0.5) is 4.39 Å². The van der Waals surface area contributed by atoms with E-state index in [0.29, 0.717) is 6.54 Å². The highest BCUT2D eigenvalue weighted by molar-refractivity contribution is 5.52. The summed E-state index contributed by atoms with van der Waals surface area (Å²) in [5.41, 5.74) is 6.66. The zero-order valence-electron chi connectivity index (χ0n) is 8.13. The van der Waals surface area contributed by atoms with Crippen molar-refractivity contribution in [3.63, 3.8) is 0 Å². The maximum absolute atomic E-state index is 13.0. The Hall–Kier alpha value is -1.22. The highest BCUT2D eigenvalue weighted by atomic mass is 19.1. The minimum atomic E-state index is -0.206. The van der Waals surface area contributed by atoms with E-state index in [9.17, 15) is 4.39 Å². The van der Waals surface area contributed by atoms with E-state index in [4.69, 9.17) is 5.73 Å². The third-order valence-corrected chi connectivity index (χ3v) is 2.56. The lowest BCUT2D eigenvalue weighted by molar-refractivity contribution is 0.626. The summed E-state index contributed by atoms with van der Waals surface area (Å²) in [7, 11) is 0. The van der Waals surface area contributed by atoms with Crippen LogP contribution < -0.4 is 16.3 Å². The zero-order valence-corrected chi connectivity index (χ0v) is 8.13. The molecule has 1 aliphatic rings. The topological polar surface area (TPSA) is 38.4 Å². The van der Waals surface area contributed by atoms with Crippen molar-refractivity contribution in [1.29, 1.82) is 0 Å². The molecule has 1 aliphatic heterocycles. The smallest absolute Gasteiger partial charge is 0.123 e. The molecular formula is C11H13FN2. The van der Waals surface area contributed by atoms with Gasteiger partial charge in [0.25, 0.3) is 0 Å². The van der Waals surface area contributed by atoms with Crippen LogP contribution >= 0.6 is 0 Å². The van der Waals surface area contributed by atoms with Gasteiger partial charge in [0.15, 0.2) is 0 Å². The van der Waals surface area contributed by atoms with Gasteiger partial charge in [0, 0.05) is 5.22 Å². The largest absolute Gasteiger partial charge is 0.330 e. The number of hydrogen-bond acceptors (Lipinski definition) is 2. The molecule has 3 heteroatoms. The minimum Gasteiger partial charge on any atom is -0.330 e. The van der Waals surface area contributed by atoms with Crippen molar-refractivity contribution in [3.8, 4) is 0 Å². The van der Waals surface area contributed by atoms with Crippen LogP contribution in [0.25, 0.3) is 5.57 Å². The van der Waals surface area contributed by atoms with E-state index >= 15 is 0 Å². The molecule has 0 bridgehead atoms. The first kappa shape index (κ1) is 9.34. The fourth-order valence-corrected chi connectivity index (χ4v) is 1.89. The molecule has 1 heterocycles. The van der Waals surface area contributed by atoms with Crippen LogP contribution in [0.3, 0.4) is 0 Å². The zero-order chi connectivity index (χ0) is 10.1. The summed E-state index contributed by atoms with van der Waals surface area (Å²) in [5.74, 6) is -0.206. The summed E-state index contributed by atoms with van der Waals surface area (Å²) >= 11 is 0. The van der Waals surface area contributed by atoms with Crippen LogP contribution in [0.2, 0.25) is 0 Å². The average Bonchev–Trinajstić information content (AvgIpc) is 2.45. The van der Waals surface area contributed by atoms with E-state index in [1.807, 2.05) is 6.92 Å². The molecule has 1 aromatic carbocycles. The van der Waals surface area contributed by atoms with Gasteiger partial charge in [-0.05, 0) is 43.7 Å². The van der Waals surface area contributed by atoms with E-state index in [1.54, 1.807) is 12.1 Å². The van der Waals surface area contributed by atoms with E-state index in [1.165, 1.54) is 6.07 Å². The summed E-state index contributed by atoms with van der Waals surface area (Å²) in [6, 6.07) is 4.87. The monoisotopic (exact) mass is 192 g/mol. The summed E-state index contributed by atoms with van der Waals surface area (Å²) in [5, 5.41) is 1.82. The highest BCUT2D eigenvalue weighted by Crippen LogP contribution is 2.11. The third-order valence-electron chi connectivity index (χ3n) is 2.56. The van der Waals surface area contributed by atoms with Gasteiger partial charge in [-0.3, -0.25) is 4.99 Å². The number of halogens is 1. The van der Waals surface area contributed by atoms with Gasteiger partial charge in [0.1, 0.15) is 5.82 Å². The second kappa shape index (κ2) is 3.50. The number of nitrogens with two attached hydrogens (primary N) is 1. The first-order chi connectivity index (χ1) is 6.72. The predicted octanol–water partition coefficient (Wildman–Crippen LogP) is 0.347. The van der Waals surface area contributed by atoms with Crippen LogP contribution in [0.5, 0.6) is 0 Å². The first-order valence-corrected chi connectivity index (χ1v) is 4.79. The van der Waals surface area contributed by atoms with Gasteiger partial charge in [-0.25, -0.2) is 4.39 Å². The normalized spacial score (nSPS) is 19.4. The van der Waals surface area contributed by atoms with Crippen molar-refractivity contribution >= 4 is 5.57 Å². The SMILES string of the molecule is C[C@@H]1N=c2ccc(F)cc2=C1CCN. The molecule has 1 aromatic rings. The van der Waals surface area contributed by atoms with Gasteiger partial charge in [0.05, 0.1) is 11.4 Å². The molecular weight excluding hydrogens is 179 g/mol. The predicted molar refractivity (Wildman–Crippen MR) is 53.7 cm³/mol. The molecule has 2 nitrogen and oxygen atoms in total. The second-order valence-corrected chi connectivity index (χ2v) is 3.53. The van der Waals surface area contributed by atoms with Gasteiger partial charge in [-0.15, -0.1) is 0 Å². The Kier molecular flexibility index (Phi) is 2.33. The summed E-state index contributed by atoms with van der Waals surface area (Å²) in [6.07, 6.45) is 0.793. The van der Waals surface area contributed by atoms with E-state index in [0.717, 1.165) is 22.6 Å². The molecule has 0 saturated heterocycles. The van der Waals surface area contributed by atoms with Crippen molar-refractivity contribution in [2.24, 2.45) is 10.7 Å². The van der Waals surface area contributed by atoms with Crippen molar-refractivity contribution in [2.75, 3.05) is 6.54 Å². The summed E-state index contributed by atoms with van der Waals surface area (Å²) in [4.78, 5) is 4.43. The molecule has 0 fully saturated rings. The molecule has 2 N–H and O–H groups in total. The molecule has 0 spiro atoms. The Bertz CT molecular complexity index is 465. The molecule has 0 amide bonds. The molecule has 74 valence electrons. The van der Waals surface area contributed by atoms with Crippen LogP contribution in [-0.2, 0) is 0 Å². The maximum Gasteiger partial charge on any atom is 0.123 e. The quantitative estimate of drug-likeness (QED) is 0.721. The fraction of sp³-hybridized carbons (Fsp3) is 0.364. The number of fused-ring (bicyclic) bond motifs is 1. The van der Waals surface area contributed by atoms with Gasteiger partial charge in [-0.2, -0.15) is 0 Å². The Balaban J connectivity index is 2.66. The molecule has 2 rings (SSSR count). The van der Waals surface area contributed by atoms with Crippen LogP contribution in [-0.4, -0.2) is 12.6 Å². The molecule has 0 aromatic heterocycles. The van der Waals surface area contributed by atoms with E-state index in [2.05, 4.69) is 4.99 Å². The number of hydrogen-bond donors (Lipinski definition) is 1. The standard InChI is InChI=1S/C11H13FN2/c1-7-9(4-5-13)10-6-8(12)2-3-11(10)14-7/h2-3,6-7H,4-5,13H2,1H3/t7-/m0/s1. The van der Waals surface area contributed by atoms with Crippen molar-refractivity contribution in [3.05, 3.63) is 34.6 Å². The molecule has 14 heavy (non-hydrogen) atoms. The lowest BCUT2D eigenvalue weighted by Crippen LogP contribution is -2.24. The van der Waals surface area contributed by atoms with Crippen molar-refractivity contribution < 1.29 is 4.39 Å². The minimum absolute atomic E-state index is 0.148. The Morgan fingerprint density at radius 1 is 1.50 bits per heavy atom. The number of rotatable bonds is 2. The first-order valence-electron chi connectivity index (χ1n) is 4.79. The maximum atomic E-state index is 13.0. The highest BCUT2D eigenvalue weighted by Gasteiger charge is 2.14. The van der Waals surface area contributed by atoms with Gasteiger partial charge in [0.2, 0.25) is 0 Å². The molecule has 0 radical (unpaired) electrons. The van der Waals surface area contributed by atoms with Crippen LogP contribution in [0, 0.1) is 5.82 Å². The van der Waals surface area contributed by atoms with Gasteiger partial charge in [-0.1, -0.05) is 0 Å². The summed E-state index contributed by atoms with van der Waals surface area (Å²) < 4.78 is 13.0. The van der Waals surface area contributed by atoms with E-state index in [-0.39, 0.29) is 11.9 Å². The Morgan fingerprint density at radius 2 is 2.29 bits per heavy atom. The summed E-state index contributed by atoms with van der Waals surface area (Å²) in [6.45, 7) is 2.61. The second-order valence-electron chi connectivity index (χ2n) is 3.53. The van der Waals surface area contributed by atoms with Crippen LogP contribution in [0.1, 0.15) is 13.3 Å². The van der Waals surface area contributed by atoms with Crippen molar-refractivity contribution in [1.82, 2.24) is 0 Å². The molecule has 0 unspecified atom stereocenters. The Labute approximate surface area is 82.0 Å². The van der Waals surface area contributed by atoms with Crippen LogP contribution in [0.15, 0.2) is 23.2 Å².